The van der Waals surface area contributed by atoms with Gasteiger partial charge < -0.3 is 62.1 Å². The van der Waals surface area contributed by atoms with E-state index in [9.17, 15) is 0 Å². The third kappa shape index (κ3) is 8.38. The molecule has 5 rings (SSSR count). The zero-order valence-corrected chi connectivity index (χ0v) is 31.3. The van der Waals surface area contributed by atoms with Crippen molar-refractivity contribution in [3.05, 3.63) is 89.5 Å². The Morgan fingerprint density at radius 3 is 2.28 bits per heavy atom. The highest BCUT2D eigenvalue weighted by Gasteiger charge is 2.27. The molecule has 0 saturated heterocycles. The quantitative estimate of drug-likeness (QED) is 0.130. The third-order valence-corrected chi connectivity index (χ3v) is 8.86. The molecule has 0 atom stereocenters. The molecular formula is C35H44I2N4OS. The van der Waals surface area contributed by atoms with Gasteiger partial charge in [0.05, 0.1) is 58.6 Å². The number of anilines is 2. The average molecular weight is 823 g/mol. The molecule has 1 aromatic heterocycles. The van der Waals surface area contributed by atoms with Gasteiger partial charge in [0.2, 0.25) is 0 Å². The van der Waals surface area contributed by atoms with Crippen LogP contribution in [0, 0.1) is 0 Å². The highest BCUT2D eigenvalue weighted by Crippen LogP contribution is 2.46. The highest BCUT2D eigenvalue weighted by atomic mass is 127. The molecule has 230 valence electrons. The van der Waals surface area contributed by atoms with Crippen LogP contribution in [-0.2, 0) is 0 Å². The fourth-order valence-electron chi connectivity index (χ4n) is 5.48. The molecule has 0 aliphatic carbocycles. The van der Waals surface area contributed by atoms with Crippen LogP contribution in [0.1, 0.15) is 31.7 Å². The lowest BCUT2D eigenvalue weighted by Gasteiger charge is -2.26. The zero-order chi connectivity index (χ0) is 29.0. The number of thioether (sulfide) groups is 1. The summed E-state index contributed by atoms with van der Waals surface area (Å²) in [4.78, 5) is 6.21. The summed E-state index contributed by atoms with van der Waals surface area (Å²) in [5.74, 6) is 2.09. The number of pyridine rings is 1. The van der Waals surface area contributed by atoms with E-state index in [4.69, 9.17) is 4.74 Å². The summed E-state index contributed by atoms with van der Waals surface area (Å²) in [5.41, 5.74) is 4.79. The second-order valence-electron chi connectivity index (χ2n) is 11.8. The smallest absolute Gasteiger partial charge is 0.282 e. The minimum atomic E-state index is 0. The lowest BCUT2D eigenvalue weighted by atomic mass is 10.1. The Labute approximate surface area is 296 Å². The molecule has 0 radical (unpaired) electrons. The molecule has 3 aromatic carbocycles. The normalized spacial score (nSPS) is 13.4. The number of rotatable bonds is 11. The summed E-state index contributed by atoms with van der Waals surface area (Å²) in [7, 11) is 10.8. The van der Waals surface area contributed by atoms with Gasteiger partial charge in [-0.05, 0) is 54.5 Å². The summed E-state index contributed by atoms with van der Waals surface area (Å²) in [5, 5.41) is 2.44. The fraction of sp³-hybridized carbons (Fsp3) is 0.343. The first-order valence-electron chi connectivity index (χ1n) is 14.7. The summed E-state index contributed by atoms with van der Waals surface area (Å²) >= 11 is 1.84. The monoisotopic (exact) mass is 822 g/mol. The van der Waals surface area contributed by atoms with Crippen LogP contribution >= 0.6 is 11.8 Å². The Morgan fingerprint density at radius 1 is 0.907 bits per heavy atom. The van der Waals surface area contributed by atoms with Crippen molar-refractivity contribution in [1.82, 2.24) is 0 Å². The van der Waals surface area contributed by atoms with E-state index in [2.05, 4.69) is 134 Å². The van der Waals surface area contributed by atoms with Crippen LogP contribution in [0.4, 0.5) is 11.5 Å². The second-order valence-corrected chi connectivity index (χ2v) is 12.9. The Balaban J connectivity index is 0.00000253. The Hall–Kier alpha value is -2.02. The Kier molecular flexibility index (Phi) is 13.0. The first kappa shape index (κ1) is 35.5. The summed E-state index contributed by atoms with van der Waals surface area (Å²) in [6.07, 6.45) is 5.81. The molecule has 1 aliphatic heterocycles. The number of para-hydroxylation sites is 2. The summed E-state index contributed by atoms with van der Waals surface area (Å²) < 4.78 is 9.16. The van der Waals surface area contributed by atoms with E-state index in [0.717, 1.165) is 60.3 Å². The number of ether oxygens (including phenoxy) is 1. The molecule has 8 heteroatoms. The van der Waals surface area contributed by atoms with E-state index in [1.165, 1.54) is 32.4 Å². The Morgan fingerprint density at radius 2 is 1.60 bits per heavy atom. The molecule has 1 aliphatic rings. The van der Waals surface area contributed by atoms with Crippen molar-refractivity contribution >= 4 is 40.2 Å². The maximum atomic E-state index is 5.76. The molecule has 5 nitrogen and oxygen atoms in total. The van der Waals surface area contributed by atoms with Crippen LogP contribution in [0.2, 0.25) is 0 Å². The van der Waals surface area contributed by atoms with Gasteiger partial charge in [-0.2, -0.15) is 4.57 Å². The number of nitrogens with zero attached hydrogens (tertiary/aromatic N) is 4. The van der Waals surface area contributed by atoms with E-state index in [0.29, 0.717) is 0 Å². The minimum absolute atomic E-state index is 0. The van der Waals surface area contributed by atoms with Crippen molar-refractivity contribution in [2.24, 2.45) is 0 Å². The molecule has 4 aromatic rings. The van der Waals surface area contributed by atoms with Gasteiger partial charge in [-0.15, -0.1) is 0 Å². The standard InChI is InChI=1S/C35H44N4OS.2HI/c1-7-8-21-37(22-14-23-39(3,4)5)34-24-27(25-35-36(2)31-17-12-13-18-33(31)41-35)30-20-19-29(40-6)26-32(30)38(34)28-15-10-9-11-16-28;;/h9-13,15-20,24-26H,7-8,14,21-23H2,1-6H3;2*1H/q+2;;/p-2. The van der Waals surface area contributed by atoms with Gasteiger partial charge in [0.1, 0.15) is 17.0 Å². The molecule has 0 bridgehead atoms. The molecule has 0 fully saturated rings. The summed E-state index contributed by atoms with van der Waals surface area (Å²) in [6.45, 7) is 5.44. The number of halogens is 2. The van der Waals surface area contributed by atoms with E-state index in [1.54, 1.807) is 7.11 Å². The first-order chi connectivity index (χ1) is 19.8. The van der Waals surface area contributed by atoms with Crippen molar-refractivity contribution in [1.29, 1.82) is 0 Å². The lowest BCUT2D eigenvalue weighted by Crippen LogP contribution is -3.00. The number of fused-ring (bicyclic) bond motifs is 2. The first-order valence-corrected chi connectivity index (χ1v) is 15.5. The largest absolute Gasteiger partial charge is 1.00 e. The van der Waals surface area contributed by atoms with Crippen molar-refractivity contribution in [2.75, 3.05) is 64.7 Å². The Bertz CT molecular complexity index is 1540. The summed E-state index contributed by atoms with van der Waals surface area (Å²) in [6, 6.07) is 28.3. The van der Waals surface area contributed by atoms with Gasteiger partial charge in [0, 0.05) is 35.9 Å². The molecule has 0 N–H and O–H groups in total. The average Bonchev–Trinajstić information content (AvgIpc) is 3.29. The molecule has 0 amide bonds. The van der Waals surface area contributed by atoms with Crippen LogP contribution in [0.3, 0.4) is 0 Å². The number of methoxy groups -OCH3 is 1. The van der Waals surface area contributed by atoms with Crippen LogP contribution < -0.4 is 67.1 Å². The predicted molar refractivity (Wildman–Crippen MR) is 175 cm³/mol. The van der Waals surface area contributed by atoms with E-state index in [1.807, 2.05) is 11.8 Å². The van der Waals surface area contributed by atoms with Gasteiger partial charge in [-0.25, -0.2) is 0 Å². The second kappa shape index (κ2) is 15.8. The number of benzene rings is 3. The SMILES string of the molecule is CCCCN(CCC[N+](C)(C)C)c1cc(C=C2Sc3ccccc3N2C)c2ccc(OC)cc2[n+]1-c1ccccc1.[I-].[I-]. The number of hydrogen-bond acceptors (Lipinski definition) is 4. The number of quaternary nitrogens is 1. The van der Waals surface area contributed by atoms with Gasteiger partial charge in [0.25, 0.3) is 5.82 Å². The van der Waals surface area contributed by atoms with Gasteiger partial charge in [-0.1, -0.05) is 55.4 Å². The predicted octanol–water partition coefficient (Wildman–Crippen LogP) is 1.38. The van der Waals surface area contributed by atoms with Gasteiger partial charge >= 0.3 is 0 Å². The third-order valence-electron chi connectivity index (χ3n) is 7.70. The van der Waals surface area contributed by atoms with Crippen molar-refractivity contribution < 1.29 is 61.7 Å². The van der Waals surface area contributed by atoms with Crippen molar-refractivity contribution in [3.63, 3.8) is 0 Å². The molecule has 0 saturated carbocycles. The highest BCUT2D eigenvalue weighted by molar-refractivity contribution is 8.03. The fourth-order valence-corrected chi connectivity index (χ4v) is 6.58. The van der Waals surface area contributed by atoms with E-state index >= 15 is 0 Å². The molecular weight excluding hydrogens is 778 g/mol. The zero-order valence-electron chi connectivity index (χ0n) is 26.2. The van der Waals surface area contributed by atoms with E-state index < -0.39 is 0 Å². The van der Waals surface area contributed by atoms with Gasteiger partial charge in [-0.3, -0.25) is 4.90 Å². The molecule has 2 heterocycles. The van der Waals surface area contributed by atoms with Crippen molar-refractivity contribution in [2.45, 2.75) is 31.1 Å². The molecule has 0 unspecified atom stereocenters. The van der Waals surface area contributed by atoms with Gasteiger partial charge in [0.15, 0.2) is 0 Å². The van der Waals surface area contributed by atoms with Crippen LogP contribution in [0.15, 0.2) is 88.8 Å². The van der Waals surface area contributed by atoms with Crippen LogP contribution in [0.5, 0.6) is 5.75 Å². The van der Waals surface area contributed by atoms with Crippen molar-refractivity contribution in [3.8, 4) is 11.4 Å². The maximum Gasteiger partial charge on any atom is 0.282 e. The minimum Gasteiger partial charge on any atom is -1.00 e. The maximum absolute atomic E-state index is 5.76. The number of unbranched alkanes of at least 4 members (excludes halogenated alkanes) is 1. The number of hydrogen-bond donors (Lipinski definition) is 0. The number of aromatic nitrogens is 1. The van der Waals surface area contributed by atoms with E-state index in [-0.39, 0.29) is 48.0 Å². The molecule has 43 heavy (non-hydrogen) atoms. The topological polar surface area (TPSA) is 19.6 Å². The molecule has 0 spiro atoms. The van der Waals surface area contributed by atoms with Crippen LogP contribution in [0.25, 0.3) is 22.7 Å². The van der Waals surface area contributed by atoms with Crippen LogP contribution in [-0.4, -0.2) is 59.4 Å². The lowest BCUT2D eigenvalue weighted by molar-refractivity contribution is -0.870.